The van der Waals surface area contributed by atoms with Crippen molar-refractivity contribution in [3.63, 3.8) is 0 Å². The van der Waals surface area contributed by atoms with Crippen molar-refractivity contribution in [2.24, 2.45) is 0 Å². The minimum atomic E-state index is -3.03. The van der Waals surface area contributed by atoms with E-state index in [9.17, 15) is 13.2 Å². The monoisotopic (exact) mass is 361 g/mol. The smallest absolute Gasteiger partial charge is 0.257 e. The fraction of sp³-hybridized carbons (Fsp3) is 0.444. The standard InChI is InChI=1S/C18H23N3O3S/c1-2-3-10-20(17-9-11-25(23,24)14-17)18(22)15-12-19-21(13-15)16-7-5-4-6-8-16/h4-8,12-13,17H,2-3,9-11,14H2,1H3. The van der Waals surface area contributed by atoms with E-state index >= 15 is 0 Å². The summed E-state index contributed by atoms with van der Waals surface area (Å²) in [6.45, 7) is 2.63. The summed E-state index contributed by atoms with van der Waals surface area (Å²) in [7, 11) is -3.03. The Morgan fingerprint density at radius 2 is 2.08 bits per heavy atom. The third-order valence-corrected chi connectivity index (χ3v) is 6.26. The number of amides is 1. The number of para-hydroxylation sites is 1. The van der Waals surface area contributed by atoms with Crippen LogP contribution in [0.2, 0.25) is 0 Å². The van der Waals surface area contributed by atoms with Gasteiger partial charge in [-0.1, -0.05) is 31.5 Å². The summed E-state index contributed by atoms with van der Waals surface area (Å²) in [5, 5.41) is 4.28. The summed E-state index contributed by atoms with van der Waals surface area (Å²) in [5.41, 5.74) is 1.37. The number of unbranched alkanes of at least 4 members (excludes halogenated alkanes) is 1. The maximum atomic E-state index is 13.0. The highest BCUT2D eigenvalue weighted by Crippen LogP contribution is 2.21. The molecule has 0 radical (unpaired) electrons. The van der Waals surface area contributed by atoms with Crippen LogP contribution in [0.1, 0.15) is 36.5 Å². The van der Waals surface area contributed by atoms with Gasteiger partial charge in [-0.3, -0.25) is 4.79 Å². The number of sulfone groups is 1. The second-order valence-electron chi connectivity index (χ2n) is 6.42. The van der Waals surface area contributed by atoms with Crippen molar-refractivity contribution in [2.45, 2.75) is 32.2 Å². The lowest BCUT2D eigenvalue weighted by Crippen LogP contribution is -2.41. The average molecular weight is 361 g/mol. The Hall–Kier alpha value is -2.15. The van der Waals surface area contributed by atoms with Crippen molar-refractivity contribution in [1.29, 1.82) is 0 Å². The van der Waals surface area contributed by atoms with Gasteiger partial charge in [-0.25, -0.2) is 13.1 Å². The summed E-state index contributed by atoms with van der Waals surface area (Å²) in [5.74, 6) is 0.0873. The number of nitrogens with zero attached hydrogens (tertiary/aromatic N) is 3. The Kier molecular flexibility index (Phi) is 5.22. The van der Waals surface area contributed by atoms with Crippen molar-refractivity contribution in [3.8, 4) is 5.69 Å². The maximum absolute atomic E-state index is 13.0. The van der Waals surface area contributed by atoms with Gasteiger partial charge in [0.15, 0.2) is 9.84 Å². The fourth-order valence-electron chi connectivity index (χ4n) is 3.12. The van der Waals surface area contributed by atoms with Crippen LogP contribution in [0.15, 0.2) is 42.7 Å². The predicted octanol–water partition coefficient (Wildman–Crippen LogP) is 2.30. The molecule has 1 aromatic carbocycles. The maximum Gasteiger partial charge on any atom is 0.257 e. The van der Waals surface area contributed by atoms with Gasteiger partial charge >= 0.3 is 0 Å². The summed E-state index contributed by atoms with van der Waals surface area (Å²) in [4.78, 5) is 14.7. The molecule has 0 bridgehead atoms. The molecule has 2 aromatic rings. The molecule has 25 heavy (non-hydrogen) atoms. The first-order valence-electron chi connectivity index (χ1n) is 8.61. The second kappa shape index (κ2) is 7.39. The molecule has 7 heteroatoms. The van der Waals surface area contributed by atoms with E-state index in [2.05, 4.69) is 12.0 Å². The molecule has 1 unspecified atom stereocenters. The number of hydrogen-bond acceptors (Lipinski definition) is 4. The SMILES string of the molecule is CCCCN(C(=O)c1cnn(-c2ccccc2)c1)C1CCS(=O)(=O)C1. The van der Waals surface area contributed by atoms with Gasteiger partial charge in [-0.2, -0.15) is 5.10 Å². The van der Waals surface area contributed by atoms with Crippen molar-refractivity contribution in [3.05, 3.63) is 48.3 Å². The van der Waals surface area contributed by atoms with E-state index in [4.69, 9.17) is 0 Å². The molecule has 1 atom stereocenters. The molecule has 1 aromatic heterocycles. The highest BCUT2D eigenvalue weighted by molar-refractivity contribution is 7.91. The lowest BCUT2D eigenvalue weighted by atomic mass is 10.1. The number of rotatable bonds is 6. The normalized spacial score (nSPS) is 19.0. The topological polar surface area (TPSA) is 72.3 Å². The third kappa shape index (κ3) is 4.10. The van der Waals surface area contributed by atoms with Gasteiger partial charge in [-0.05, 0) is 25.0 Å². The van der Waals surface area contributed by atoms with Gasteiger partial charge in [0.1, 0.15) is 0 Å². The highest BCUT2D eigenvalue weighted by atomic mass is 32.2. The van der Waals surface area contributed by atoms with Gasteiger partial charge in [0.25, 0.3) is 5.91 Å². The molecule has 0 aliphatic carbocycles. The predicted molar refractivity (Wildman–Crippen MR) is 96.6 cm³/mol. The minimum Gasteiger partial charge on any atom is -0.335 e. The van der Waals surface area contributed by atoms with Crippen LogP contribution >= 0.6 is 0 Å². The zero-order valence-corrected chi connectivity index (χ0v) is 15.2. The first kappa shape index (κ1) is 17.7. The molecular weight excluding hydrogens is 338 g/mol. The molecule has 0 N–H and O–H groups in total. The number of carbonyl (C=O) groups is 1. The molecule has 1 aliphatic heterocycles. The average Bonchev–Trinajstić information content (AvgIpc) is 3.23. The van der Waals surface area contributed by atoms with Crippen LogP contribution in [0.3, 0.4) is 0 Å². The number of carbonyl (C=O) groups excluding carboxylic acids is 1. The van der Waals surface area contributed by atoms with Crippen LogP contribution in [0.25, 0.3) is 5.69 Å². The molecule has 3 rings (SSSR count). The molecule has 0 saturated carbocycles. The van der Waals surface area contributed by atoms with E-state index in [1.54, 1.807) is 22.0 Å². The van der Waals surface area contributed by atoms with E-state index in [0.717, 1.165) is 18.5 Å². The first-order chi connectivity index (χ1) is 12.0. The quantitative estimate of drug-likeness (QED) is 0.791. The van der Waals surface area contributed by atoms with Crippen molar-refractivity contribution >= 4 is 15.7 Å². The lowest BCUT2D eigenvalue weighted by Gasteiger charge is -2.27. The molecule has 1 saturated heterocycles. The molecule has 1 fully saturated rings. The zero-order chi connectivity index (χ0) is 17.9. The minimum absolute atomic E-state index is 0.0648. The Bertz CT molecular complexity index is 830. The largest absolute Gasteiger partial charge is 0.335 e. The molecule has 1 aliphatic rings. The first-order valence-corrected chi connectivity index (χ1v) is 10.4. The van der Waals surface area contributed by atoms with Crippen molar-refractivity contribution < 1.29 is 13.2 Å². The van der Waals surface area contributed by atoms with Crippen LogP contribution in [-0.2, 0) is 9.84 Å². The van der Waals surface area contributed by atoms with Crippen molar-refractivity contribution in [1.82, 2.24) is 14.7 Å². The molecule has 134 valence electrons. The van der Waals surface area contributed by atoms with Crippen LogP contribution in [-0.4, -0.2) is 53.1 Å². The Morgan fingerprint density at radius 1 is 1.32 bits per heavy atom. The highest BCUT2D eigenvalue weighted by Gasteiger charge is 2.35. The molecule has 0 spiro atoms. The van der Waals surface area contributed by atoms with Gasteiger partial charge < -0.3 is 4.90 Å². The van der Waals surface area contributed by atoms with Gasteiger partial charge in [-0.15, -0.1) is 0 Å². The summed E-state index contributed by atoms with van der Waals surface area (Å²) >= 11 is 0. The number of hydrogen-bond donors (Lipinski definition) is 0. The van der Waals surface area contributed by atoms with E-state index < -0.39 is 9.84 Å². The summed E-state index contributed by atoms with van der Waals surface area (Å²) in [6.07, 6.45) is 5.59. The second-order valence-corrected chi connectivity index (χ2v) is 8.65. The third-order valence-electron chi connectivity index (χ3n) is 4.51. The summed E-state index contributed by atoms with van der Waals surface area (Å²) < 4.78 is 25.3. The van der Waals surface area contributed by atoms with Crippen LogP contribution < -0.4 is 0 Å². The van der Waals surface area contributed by atoms with E-state index in [0.29, 0.717) is 18.5 Å². The van der Waals surface area contributed by atoms with Crippen molar-refractivity contribution in [2.75, 3.05) is 18.1 Å². The van der Waals surface area contributed by atoms with Gasteiger partial charge in [0.2, 0.25) is 0 Å². The Morgan fingerprint density at radius 3 is 2.72 bits per heavy atom. The molecular formula is C18H23N3O3S. The van der Waals surface area contributed by atoms with E-state index in [1.807, 2.05) is 30.3 Å². The van der Waals surface area contributed by atoms with Crippen LogP contribution in [0, 0.1) is 0 Å². The Balaban J connectivity index is 1.81. The van der Waals surface area contributed by atoms with E-state index in [-0.39, 0.29) is 23.5 Å². The van der Waals surface area contributed by atoms with Crippen LogP contribution in [0.4, 0.5) is 0 Å². The molecule has 2 heterocycles. The molecule has 1 amide bonds. The van der Waals surface area contributed by atoms with E-state index in [1.165, 1.54) is 0 Å². The Labute approximate surface area is 148 Å². The lowest BCUT2D eigenvalue weighted by molar-refractivity contribution is 0.0694. The number of aromatic nitrogens is 2. The zero-order valence-electron chi connectivity index (χ0n) is 14.3. The fourth-order valence-corrected chi connectivity index (χ4v) is 4.85. The summed E-state index contributed by atoms with van der Waals surface area (Å²) in [6, 6.07) is 9.35. The van der Waals surface area contributed by atoms with Gasteiger partial charge in [0.05, 0.1) is 29.0 Å². The van der Waals surface area contributed by atoms with Crippen LogP contribution in [0.5, 0.6) is 0 Å². The molecule has 6 nitrogen and oxygen atoms in total. The number of benzene rings is 1. The van der Waals surface area contributed by atoms with Gasteiger partial charge in [0, 0.05) is 18.8 Å².